The van der Waals surface area contributed by atoms with Crippen LogP contribution < -0.4 is 14.8 Å². The van der Waals surface area contributed by atoms with Gasteiger partial charge in [0.25, 0.3) is 0 Å². The molecule has 152 valence electrons. The Morgan fingerprint density at radius 2 is 1.79 bits per heavy atom. The van der Waals surface area contributed by atoms with E-state index in [4.69, 9.17) is 13.9 Å². The molecule has 0 aliphatic carbocycles. The van der Waals surface area contributed by atoms with Crippen LogP contribution in [0.4, 0.5) is 6.01 Å². The van der Waals surface area contributed by atoms with Gasteiger partial charge in [-0.25, -0.2) is 0 Å². The molecule has 0 saturated carbocycles. The van der Waals surface area contributed by atoms with E-state index in [2.05, 4.69) is 27.6 Å². The summed E-state index contributed by atoms with van der Waals surface area (Å²) in [5.41, 5.74) is 1.93. The molecule has 0 spiro atoms. The first-order valence-corrected chi connectivity index (χ1v) is 10.3. The molecule has 29 heavy (non-hydrogen) atoms. The first kappa shape index (κ1) is 20.7. The fourth-order valence-corrected chi connectivity index (χ4v) is 3.52. The highest BCUT2D eigenvalue weighted by atomic mass is 32.2. The first-order chi connectivity index (χ1) is 14.2. The molecule has 0 saturated heterocycles. The minimum Gasteiger partial charge on any atom is -0.497 e. The van der Waals surface area contributed by atoms with Gasteiger partial charge < -0.3 is 13.9 Å². The number of ether oxygens (including phenoxy) is 2. The van der Waals surface area contributed by atoms with Gasteiger partial charge in [-0.15, -0.1) is 5.10 Å². The van der Waals surface area contributed by atoms with Crippen molar-refractivity contribution in [2.24, 2.45) is 0 Å². The van der Waals surface area contributed by atoms with Gasteiger partial charge in [-0.3, -0.25) is 10.1 Å². The minimum absolute atomic E-state index is 0.0729. The third-order valence-electron chi connectivity index (χ3n) is 4.07. The number of aromatic nitrogens is 2. The largest absolute Gasteiger partial charge is 0.497 e. The zero-order chi connectivity index (χ0) is 20.5. The van der Waals surface area contributed by atoms with E-state index in [1.807, 2.05) is 30.0 Å². The third-order valence-corrected chi connectivity index (χ3v) is 5.19. The lowest BCUT2D eigenvalue weighted by Crippen LogP contribution is -2.11. The summed E-state index contributed by atoms with van der Waals surface area (Å²) in [5, 5.41) is 10.5. The molecule has 0 aliphatic rings. The second-order valence-corrected chi connectivity index (χ2v) is 7.31. The Labute approximate surface area is 173 Å². The predicted octanol–water partition coefficient (Wildman–Crippen LogP) is 4.41. The van der Waals surface area contributed by atoms with E-state index in [0.717, 1.165) is 17.9 Å². The molecule has 2 aromatic carbocycles. The smallest absolute Gasteiger partial charge is 0.322 e. The lowest BCUT2D eigenvalue weighted by Gasteiger charge is -2.05. The molecule has 1 amide bonds. The Balaban J connectivity index is 1.46. The maximum Gasteiger partial charge on any atom is 0.322 e. The molecule has 0 aliphatic heterocycles. The summed E-state index contributed by atoms with van der Waals surface area (Å²) in [7, 11) is 3.13. The summed E-state index contributed by atoms with van der Waals surface area (Å²) >= 11 is 1.81. The zero-order valence-corrected chi connectivity index (χ0v) is 17.2. The molecule has 3 rings (SSSR count). The molecule has 1 N–H and O–H groups in total. The standard InChI is InChI=1S/C21H23N3O4S/c1-26-17-11-16(12-18(13-17)27-2)20-23-24-21(28-20)22-19(25)9-6-10-29-14-15-7-4-3-5-8-15/h3-5,7-8,11-13H,6,9-10,14H2,1-2H3,(H,22,24,25). The molecule has 0 radical (unpaired) electrons. The molecular weight excluding hydrogens is 390 g/mol. The Morgan fingerprint density at radius 3 is 2.48 bits per heavy atom. The van der Waals surface area contributed by atoms with Crippen LogP contribution in [0.5, 0.6) is 11.5 Å². The number of hydrogen-bond acceptors (Lipinski definition) is 7. The number of amides is 1. The van der Waals surface area contributed by atoms with E-state index in [9.17, 15) is 4.79 Å². The fraction of sp³-hybridized carbons (Fsp3) is 0.286. The molecular formula is C21H23N3O4S. The highest BCUT2D eigenvalue weighted by molar-refractivity contribution is 7.98. The van der Waals surface area contributed by atoms with Gasteiger partial charge in [-0.1, -0.05) is 35.4 Å². The van der Waals surface area contributed by atoms with Crippen molar-refractivity contribution in [3.63, 3.8) is 0 Å². The third kappa shape index (κ3) is 6.25. The van der Waals surface area contributed by atoms with Crippen molar-refractivity contribution in [2.45, 2.75) is 18.6 Å². The predicted molar refractivity (Wildman–Crippen MR) is 113 cm³/mol. The van der Waals surface area contributed by atoms with Crippen LogP contribution in [-0.2, 0) is 10.5 Å². The van der Waals surface area contributed by atoms with Gasteiger partial charge in [0.05, 0.1) is 14.2 Å². The number of nitrogens with one attached hydrogen (secondary N) is 1. The zero-order valence-electron chi connectivity index (χ0n) is 16.4. The monoisotopic (exact) mass is 413 g/mol. The summed E-state index contributed by atoms with van der Waals surface area (Å²) < 4.78 is 16.0. The van der Waals surface area contributed by atoms with Gasteiger partial charge in [0.1, 0.15) is 11.5 Å². The molecule has 1 heterocycles. The maximum absolute atomic E-state index is 12.1. The maximum atomic E-state index is 12.1. The Morgan fingerprint density at radius 1 is 1.07 bits per heavy atom. The molecule has 7 nitrogen and oxygen atoms in total. The number of carbonyl (C=O) groups is 1. The number of thioether (sulfide) groups is 1. The van der Waals surface area contributed by atoms with Crippen LogP contribution in [0.3, 0.4) is 0 Å². The van der Waals surface area contributed by atoms with Crippen LogP contribution in [0.15, 0.2) is 52.9 Å². The quantitative estimate of drug-likeness (QED) is 0.493. The second kappa shape index (κ2) is 10.5. The van der Waals surface area contributed by atoms with Gasteiger partial charge in [0.15, 0.2) is 0 Å². The van der Waals surface area contributed by atoms with Crippen LogP contribution in [-0.4, -0.2) is 36.1 Å². The van der Waals surface area contributed by atoms with Crippen molar-refractivity contribution in [1.29, 1.82) is 0 Å². The second-order valence-electron chi connectivity index (χ2n) is 6.20. The van der Waals surface area contributed by atoms with Gasteiger partial charge >= 0.3 is 6.01 Å². The van der Waals surface area contributed by atoms with Crippen LogP contribution in [0.25, 0.3) is 11.5 Å². The lowest BCUT2D eigenvalue weighted by molar-refractivity contribution is -0.116. The summed E-state index contributed by atoms with van der Waals surface area (Å²) in [6.45, 7) is 0. The number of methoxy groups -OCH3 is 2. The number of rotatable bonds is 10. The summed E-state index contributed by atoms with van der Waals surface area (Å²) in [5.74, 6) is 3.19. The van der Waals surface area contributed by atoms with Crippen LogP contribution in [0, 0.1) is 0 Å². The summed E-state index contributed by atoms with van der Waals surface area (Å²) in [4.78, 5) is 12.1. The Hall–Kier alpha value is -3.00. The summed E-state index contributed by atoms with van der Waals surface area (Å²) in [6, 6.07) is 15.6. The fourth-order valence-electron chi connectivity index (χ4n) is 2.60. The van der Waals surface area contributed by atoms with Gasteiger partial charge in [0, 0.05) is 23.8 Å². The van der Waals surface area contributed by atoms with E-state index >= 15 is 0 Å². The van der Waals surface area contributed by atoms with Crippen LogP contribution >= 0.6 is 11.8 Å². The van der Waals surface area contributed by atoms with E-state index < -0.39 is 0 Å². The van der Waals surface area contributed by atoms with E-state index in [-0.39, 0.29) is 17.8 Å². The van der Waals surface area contributed by atoms with Crippen molar-refractivity contribution < 1.29 is 18.7 Å². The van der Waals surface area contributed by atoms with Crippen LogP contribution in [0.1, 0.15) is 18.4 Å². The minimum atomic E-state index is -0.149. The van der Waals surface area contributed by atoms with E-state index in [1.54, 1.807) is 32.4 Å². The van der Waals surface area contributed by atoms with Crippen LogP contribution in [0.2, 0.25) is 0 Å². The highest BCUT2D eigenvalue weighted by Gasteiger charge is 2.13. The van der Waals surface area contributed by atoms with E-state index in [1.165, 1.54) is 5.56 Å². The molecule has 0 fully saturated rings. The normalized spacial score (nSPS) is 10.6. The average Bonchev–Trinajstić information content (AvgIpc) is 3.22. The Kier molecular flexibility index (Phi) is 7.52. The molecule has 8 heteroatoms. The number of nitrogens with zero attached hydrogens (tertiary/aromatic N) is 2. The average molecular weight is 413 g/mol. The molecule has 0 unspecified atom stereocenters. The number of benzene rings is 2. The number of anilines is 1. The molecule has 0 atom stereocenters. The van der Waals surface area contributed by atoms with Crippen molar-refractivity contribution >= 4 is 23.7 Å². The molecule has 0 bridgehead atoms. The van der Waals surface area contributed by atoms with Crippen molar-refractivity contribution in [2.75, 3.05) is 25.3 Å². The van der Waals surface area contributed by atoms with E-state index in [0.29, 0.717) is 23.5 Å². The van der Waals surface area contributed by atoms with Crippen molar-refractivity contribution in [1.82, 2.24) is 10.2 Å². The SMILES string of the molecule is COc1cc(OC)cc(-c2nnc(NC(=O)CCCSCc3ccccc3)o2)c1. The molecule has 1 aromatic heterocycles. The Bertz CT molecular complexity index is 908. The summed E-state index contributed by atoms with van der Waals surface area (Å²) in [6.07, 6.45) is 1.17. The lowest BCUT2D eigenvalue weighted by atomic mass is 10.2. The number of carbonyl (C=O) groups excluding carboxylic acids is 1. The highest BCUT2D eigenvalue weighted by Crippen LogP contribution is 2.29. The van der Waals surface area contributed by atoms with Crippen molar-refractivity contribution in [3.8, 4) is 23.0 Å². The van der Waals surface area contributed by atoms with Gasteiger partial charge in [-0.2, -0.15) is 11.8 Å². The first-order valence-electron chi connectivity index (χ1n) is 9.16. The van der Waals surface area contributed by atoms with Crippen molar-refractivity contribution in [3.05, 3.63) is 54.1 Å². The topological polar surface area (TPSA) is 86.5 Å². The van der Waals surface area contributed by atoms with Gasteiger partial charge in [0.2, 0.25) is 11.8 Å². The van der Waals surface area contributed by atoms with Gasteiger partial charge in [-0.05, 0) is 29.9 Å². The molecule has 3 aromatic rings. The number of hydrogen-bond donors (Lipinski definition) is 1.